The van der Waals surface area contributed by atoms with Gasteiger partial charge < -0.3 is 15.8 Å². The Labute approximate surface area is 121 Å². The molecule has 1 atom stereocenters. The maximum Gasteiger partial charge on any atom is 0.228 e. The minimum absolute atomic E-state index is 0.00606. The molecule has 0 aliphatic heterocycles. The quantitative estimate of drug-likeness (QED) is 0.806. The first-order chi connectivity index (χ1) is 9.47. The zero-order chi connectivity index (χ0) is 15.1. The Morgan fingerprint density at radius 2 is 2.10 bits per heavy atom. The second-order valence-electron chi connectivity index (χ2n) is 5.46. The van der Waals surface area contributed by atoms with Crippen LogP contribution in [-0.2, 0) is 4.79 Å². The van der Waals surface area contributed by atoms with Crippen molar-refractivity contribution in [2.24, 2.45) is 17.6 Å². The highest BCUT2D eigenvalue weighted by Gasteiger charge is 2.18. The van der Waals surface area contributed by atoms with E-state index in [-0.39, 0.29) is 11.8 Å². The van der Waals surface area contributed by atoms with Gasteiger partial charge in [-0.1, -0.05) is 13.8 Å². The zero-order valence-corrected chi connectivity index (χ0v) is 12.9. The molecule has 0 saturated carbocycles. The fraction of sp³-hybridized carbons (Fsp3) is 0.562. The summed E-state index contributed by atoms with van der Waals surface area (Å²) in [7, 11) is 0. The molecule has 1 unspecified atom stereocenters. The largest absolute Gasteiger partial charge is 0.494 e. The first kappa shape index (κ1) is 16.5. The molecule has 0 bridgehead atoms. The molecule has 0 fully saturated rings. The fourth-order valence-electron chi connectivity index (χ4n) is 2.15. The van der Waals surface area contributed by atoms with Gasteiger partial charge in [0.25, 0.3) is 0 Å². The lowest BCUT2D eigenvalue weighted by atomic mass is 9.96. The Kier molecular flexibility index (Phi) is 6.52. The van der Waals surface area contributed by atoms with E-state index < -0.39 is 0 Å². The number of carbonyl (C=O) groups excluding carboxylic acids is 1. The molecule has 3 N–H and O–H groups in total. The van der Waals surface area contributed by atoms with Gasteiger partial charge in [-0.25, -0.2) is 0 Å². The molecule has 0 aromatic heterocycles. The van der Waals surface area contributed by atoms with Gasteiger partial charge in [-0.2, -0.15) is 0 Å². The maximum absolute atomic E-state index is 12.2. The smallest absolute Gasteiger partial charge is 0.228 e. The molecule has 1 aromatic rings. The normalized spacial score (nSPS) is 12.3. The van der Waals surface area contributed by atoms with Crippen LogP contribution in [0.4, 0.5) is 5.69 Å². The first-order valence-corrected chi connectivity index (χ1v) is 7.22. The molecule has 0 heterocycles. The number of ether oxygens (including phenoxy) is 1. The second-order valence-corrected chi connectivity index (χ2v) is 5.46. The number of hydrogen-bond acceptors (Lipinski definition) is 3. The predicted octanol–water partition coefficient (Wildman–Crippen LogP) is 2.95. The number of nitrogens with two attached hydrogens (primary N) is 1. The van der Waals surface area contributed by atoms with Crippen LogP contribution >= 0.6 is 0 Å². The van der Waals surface area contributed by atoms with Crippen molar-refractivity contribution < 1.29 is 9.53 Å². The van der Waals surface area contributed by atoms with Gasteiger partial charge in [0.1, 0.15) is 5.75 Å². The van der Waals surface area contributed by atoms with Crippen LogP contribution in [0.1, 0.15) is 32.8 Å². The minimum Gasteiger partial charge on any atom is -0.494 e. The fourth-order valence-corrected chi connectivity index (χ4v) is 2.15. The van der Waals surface area contributed by atoms with E-state index in [2.05, 4.69) is 19.2 Å². The molecule has 4 nitrogen and oxygen atoms in total. The van der Waals surface area contributed by atoms with E-state index in [0.29, 0.717) is 19.1 Å². The van der Waals surface area contributed by atoms with Gasteiger partial charge >= 0.3 is 0 Å². The number of aryl methyl sites for hydroxylation is 1. The van der Waals surface area contributed by atoms with Crippen molar-refractivity contribution in [3.8, 4) is 5.75 Å². The molecule has 1 rings (SSSR count). The monoisotopic (exact) mass is 278 g/mol. The standard InChI is InChI=1S/C16H26N2O2/c1-5-20-14-6-7-15(12(4)9-14)18-16(19)13(10-17)8-11(2)3/h6-7,9,11,13H,5,8,10,17H2,1-4H3,(H,18,19). The lowest BCUT2D eigenvalue weighted by molar-refractivity contribution is -0.120. The molecular formula is C16H26N2O2. The number of hydrogen-bond donors (Lipinski definition) is 2. The average Bonchev–Trinajstić information content (AvgIpc) is 2.39. The van der Waals surface area contributed by atoms with Gasteiger partial charge in [-0.3, -0.25) is 4.79 Å². The summed E-state index contributed by atoms with van der Waals surface area (Å²) in [6, 6.07) is 5.67. The molecular weight excluding hydrogens is 252 g/mol. The number of amides is 1. The summed E-state index contributed by atoms with van der Waals surface area (Å²) < 4.78 is 5.44. The van der Waals surface area contributed by atoms with E-state index in [1.165, 1.54) is 0 Å². The van der Waals surface area contributed by atoms with Crippen LogP contribution in [0, 0.1) is 18.8 Å². The van der Waals surface area contributed by atoms with E-state index in [4.69, 9.17) is 10.5 Å². The van der Waals surface area contributed by atoms with E-state index in [9.17, 15) is 4.79 Å². The number of benzene rings is 1. The SMILES string of the molecule is CCOc1ccc(NC(=O)C(CN)CC(C)C)c(C)c1. The van der Waals surface area contributed by atoms with Crippen LogP contribution in [0.3, 0.4) is 0 Å². The van der Waals surface area contributed by atoms with Crippen LogP contribution < -0.4 is 15.8 Å². The van der Waals surface area contributed by atoms with Crippen molar-refractivity contribution >= 4 is 11.6 Å². The number of anilines is 1. The Hall–Kier alpha value is -1.55. The third-order valence-corrected chi connectivity index (χ3v) is 3.18. The van der Waals surface area contributed by atoms with Crippen molar-refractivity contribution in [3.05, 3.63) is 23.8 Å². The first-order valence-electron chi connectivity index (χ1n) is 7.22. The zero-order valence-electron chi connectivity index (χ0n) is 12.9. The minimum atomic E-state index is -0.138. The summed E-state index contributed by atoms with van der Waals surface area (Å²) in [6.07, 6.45) is 0.804. The number of nitrogens with one attached hydrogen (secondary N) is 1. The summed E-state index contributed by atoms with van der Waals surface area (Å²) in [5, 5.41) is 2.96. The highest BCUT2D eigenvalue weighted by Crippen LogP contribution is 2.22. The third kappa shape index (κ3) is 4.85. The Bertz CT molecular complexity index is 444. The van der Waals surface area contributed by atoms with E-state index in [1.54, 1.807) is 0 Å². The predicted molar refractivity (Wildman–Crippen MR) is 83.0 cm³/mol. The number of rotatable bonds is 7. The topological polar surface area (TPSA) is 64.3 Å². The Balaban J connectivity index is 2.74. The van der Waals surface area contributed by atoms with Gasteiger partial charge in [0, 0.05) is 12.2 Å². The maximum atomic E-state index is 12.2. The molecule has 0 radical (unpaired) electrons. The van der Waals surface area contributed by atoms with E-state index in [0.717, 1.165) is 23.4 Å². The van der Waals surface area contributed by atoms with Gasteiger partial charge in [0.05, 0.1) is 12.5 Å². The van der Waals surface area contributed by atoms with Gasteiger partial charge in [0.15, 0.2) is 0 Å². The Morgan fingerprint density at radius 1 is 1.40 bits per heavy atom. The van der Waals surface area contributed by atoms with Crippen LogP contribution in [-0.4, -0.2) is 19.1 Å². The summed E-state index contributed by atoms with van der Waals surface area (Å²) >= 11 is 0. The van der Waals surface area contributed by atoms with E-state index in [1.807, 2.05) is 32.0 Å². The van der Waals surface area contributed by atoms with Gasteiger partial charge in [-0.15, -0.1) is 0 Å². The molecule has 0 aliphatic rings. The van der Waals surface area contributed by atoms with Crippen molar-refractivity contribution in [1.29, 1.82) is 0 Å². The molecule has 0 spiro atoms. The van der Waals surface area contributed by atoms with Crippen molar-refractivity contribution in [2.75, 3.05) is 18.5 Å². The van der Waals surface area contributed by atoms with Crippen LogP contribution in [0.5, 0.6) is 5.75 Å². The molecule has 4 heteroatoms. The average molecular weight is 278 g/mol. The Morgan fingerprint density at radius 3 is 2.60 bits per heavy atom. The molecule has 1 aromatic carbocycles. The van der Waals surface area contributed by atoms with Crippen molar-refractivity contribution in [1.82, 2.24) is 0 Å². The molecule has 0 aliphatic carbocycles. The molecule has 112 valence electrons. The summed E-state index contributed by atoms with van der Waals surface area (Å²) in [4.78, 5) is 12.2. The molecule has 1 amide bonds. The lowest BCUT2D eigenvalue weighted by Crippen LogP contribution is -2.30. The van der Waals surface area contributed by atoms with Crippen LogP contribution in [0.2, 0.25) is 0 Å². The highest BCUT2D eigenvalue weighted by molar-refractivity contribution is 5.93. The van der Waals surface area contributed by atoms with Crippen LogP contribution in [0.15, 0.2) is 18.2 Å². The van der Waals surface area contributed by atoms with Crippen LogP contribution in [0.25, 0.3) is 0 Å². The summed E-state index contributed by atoms with van der Waals surface area (Å²) in [5.74, 6) is 1.13. The second kappa shape index (κ2) is 7.90. The van der Waals surface area contributed by atoms with Gasteiger partial charge in [-0.05, 0) is 49.9 Å². The van der Waals surface area contributed by atoms with Crippen molar-refractivity contribution in [2.45, 2.75) is 34.1 Å². The van der Waals surface area contributed by atoms with E-state index >= 15 is 0 Å². The summed E-state index contributed by atoms with van der Waals surface area (Å²) in [5.41, 5.74) is 7.51. The van der Waals surface area contributed by atoms with Crippen molar-refractivity contribution in [3.63, 3.8) is 0 Å². The third-order valence-electron chi connectivity index (χ3n) is 3.18. The molecule has 0 saturated heterocycles. The van der Waals surface area contributed by atoms with Gasteiger partial charge in [0.2, 0.25) is 5.91 Å². The number of carbonyl (C=O) groups is 1. The lowest BCUT2D eigenvalue weighted by Gasteiger charge is -2.18. The summed E-state index contributed by atoms with van der Waals surface area (Å²) in [6.45, 7) is 9.10. The highest BCUT2D eigenvalue weighted by atomic mass is 16.5. The molecule has 20 heavy (non-hydrogen) atoms.